The number of carbonyl (C=O) groups is 1. The van der Waals surface area contributed by atoms with Crippen molar-refractivity contribution < 1.29 is 13.9 Å². The normalized spacial score (nSPS) is 14.4. The summed E-state index contributed by atoms with van der Waals surface area (Å²) in [6, 6.07) is 12.5. The Morgan fingerprint density at radius 1 is 1.28 bits per heavy atom. The van der Waals surface area contributed by atoms with Crippen LogP contribution in [0.5, 0.6) is 5.75 Å². The zero-order valence-corrected chi connectivity index (χ0v) is 16.2. The van der Waals surface area contributed by atoms with Crippen molar-refractivity contribution in [3.63, 3.8) is 0 Å². The van der Waals surface area contributed by atoms with Crippen molar-refractivity contribution >= 4 is 22.6 Å². The van der Waals surface area contributed by atoms with Crippen LogP contribution >= 0.6 is 0 Å². The number of hydrogen-bond acceptors (Lipinski definition) is 5. The first-order valence-corrected chi connectivity index (χ1v) is 9.40. The summed E-state index contributed by atoms with van der Waals surface area (Å²) in [5, 5.41) is 3.38. The molecule has 6 nitrogen and oxygen atoms in total. The van der Waals surface area contributed by atoms with Crippen LogP contribution in [0, 0.1) is 0 Å². The van der Waals surface area contributed by atoms with Crippen molar-refractivity contribution in [2.45, 2.75) is 24.8 Å². The van der Waals surface area contributed by atoms with Gasteiger partial charge in [0, 0.05) is 22.2 Å². The molecule has 1 aromatic heterocycles. The van der Waals surface area contributed by atoms with Crippen molar-refractivity contribution in [1.29, 1.82) is 0 Å². The van der Waals surface area contributed by atoms with E-state index in [9.17, 15) is 9.59 Å². The Labute approximate surface area is 168 Å². The molecule has 0 radical (unpaired) electrons. The summed E-state index contributed by atoms with van der Waals surface area (Å²) in [5.74, 6) is 0.0783. The number of carbonyl (C=O) groups excluding carboxylic acids is 1. The summed E-state index contributed by atoms with van der Waals surface area (Å²) in [5.41, 5.74) is 7.93. The molecule has 1 aliphatic rings. The molecule has 0 unspecified atom stereocenters. The number of hydrogen-bond donors (Lipinski definition) is 2. The number of benzene rings is 2. The molecule has 1 aliphatic carbocycles. The number of amides is 1. The number of rotatable bonds is 6. The Morgan fingerprint density at radius 3 is 2.62 bits per heavy atom. The van der Waals surface area contributed by atoms with Gasteiger partial charge in [-0.1, -0.05) is 18.2 Å². The Morgan fingerprint density at radius 2 is 2.00 bits per heavy atom. The maximum atomic E-state index is 12.7. The molecule has 148 valence electrons. The average molecular weight is 390 g/mol. The molecule has 4 rings (SSSR count). The van der Waals surface area contributed by atoms with Crippen LogP contribution < -0.4 is 21.4 Å². The minimum absolute atomic E-state index is 0.0613. The summed E-state index contributed by atoms with van der Waals surface area (Å²) < 4.78 is 10.8. The van der Waals surface area contributed by atoms with Gasteiger partial charge in [0.1, 0.15) is 16.9 Å². The molecule has 0 bridgehead atoms. The molecule has 1 saturated carbocycles. The SMILES string of the molecule is C=CCc1c(OC)ccc2cc(C(=O)Nc3ccc(C4(N)CC4)cc3)c(=O)oc12. The van der Waals surface area contributed by atoms with E-state index in [0.29, 0.717) is 28.8 Å². The van der Waals surface area contributed by atoms with E-state index >= 15 is 0 Å². The van der Waals surface area contributed by atoms with E-state index in [4.69, 9.17) is 14.9 Å². The largest absolute Gasteiger partial charge is 0.496 e. The lowest BCUT2D eigenvalue weighted by Crippen LogP contribution is -2.21. The molecule has 0 aliphatic heterocycles. The van der Waals surface area contributed by atoms with Crippen molar-refractivity contribution in [1.82, 2.24) is 0 Å². The first-order valence-electron chi connectivity index (χ1n) is 9.40. The molecule has 3 N–H and O–H groups in total. The number of ether oxygens (including phenoxy) is 1. The number of methoxy groups -OCH3 is 1. The molecule has 1 fully saturated rings. The smallest absolute Gasteiger partial charge is 0.349 e. The van der Waals surface area contributed by atoms with Crippen LogP contribution in [0.3, 0.4) is 0 Å². The Bertz CT molecular complexity index is 1160. The van der Waals surface area contributed by atoms with Gasteiger partial charge in [-0.25, -0.2) is 4.79 Å². The fraction of sp³-hybridized carbons (Fsp3) is 0.217. The van der Waals surface area contributed by atoms with E-state index in [1.54, 1.807) is 37.5 Å². The van der Waals surface area contributed by atoms with Gasteiger partial charge in [0.2, 0.25) is 0 Å². The van der Waals surface area contributed by atoms with Crippen molar-refractivity contribution in [2.24, 2.45) is 5.73 Å². The van der Waals surface area contributed by atoms with Crippen molar-refractivity contribution in [3.8, 4) is 5.75 Å². The van der Waals surface area contributed by atoms with Gasteiger partial charge in [-0.2, -0.15) is 0 Å². The van der Waals surface area contributed by atoms with Gasteiger partial charge in [-0.15, -0.1) is 6.58 Å². The quantitative estimate of drug-likeness (QED) is 0.494. The molecule has 1 heterocycles. The zero-order valence-electron chi connectivity index (χ0n) is 16.2. The predicted octanol–water partition coefficient (Wildman–Crippen LogP) is 3.73. The maximum absolute atomic E-state index is 12.7. The van der Waals surface area contributed by atoms with Crippen LogP contribution in [0.1, 0.15) is 34.3 Å². The topological polar surface area (TPSA) is 94.6 Å². The fourth-order valence-electron chi connectivity index (χ4n) is 3.42. The lowest BCUT2D eigenvalue weighted by atomic mass is 10.0. The van der Waals surface area contributed by atoms with Crippen LogP contribution in [0.4, 0.5) is 5.69 Å². The van der Waals surface area contributed by atoms with Crippen LogP contribution in [0.2, 0.25) is 0 Å². The highest BCUT2D eigenvalue weighted by atomic mass is 16.5. The number of nitrogens with one attached hydrogen (secondary N) is 1. The highest BCUT2D eigenvalue weighted by Gasteiger charge is 2.39. The molecule has 1 amide bonds. The third kappa shape index (κ3) is 3.54. The standard InChI is InChI=1S/C23H22N2O4/c1-3-4-17-19(28-2)10-5-14-13-18(22(27)29-20(14)17)21(26)25-16-8-6-15(7-9-16)23(24)11-12-23/h3,5-10,13H,1,4,11-12,24H2,2H3,(H,25,26). The van der Waals surface area contributed by atoms with Crippen molar-refractivity contribution in [2.75, 3.05) is 12.4 Å². The zero-order chi connectivity index (χ0) is 20.6. The van der Waals surface area contributed by atoms with E-state index in [-0.39, 0.29) is 11.1 Å². The van der Waals surface area contributed by atoms with Crippen LogP contribution in [0.25, 0.3) is 11.0 Å². The Hall–Kier alpha value is -3.38. The van der Waals surface area contributed by atoms with Gasteiger partial charge in [-0.05, 0) is 55.2 Å². The highest BCUT2D eigenvalue weighted by Crippen LogP contribution is 2.42. The summed E-state index contributed by atoms with van der Waals surface area (Å²) in [7, 11) is 1.55. The van der Waals surface area contributed by atoms with E-state index in [1.807, 2.05) is 12.1 Å². The van der Waals surface area contributed by atoms with Gasteiger partial charge in [-0.3, -0.25) is 4.79 Å². The van der Waals surface area contributed by atoms with E-state index in [1.165, 1.54) is 6.07 Å². The second kappa shape index (κ2) is 7.22. The molecule has 29 heavy (non-hydrogen) atoms. The van der Waals surface area contributed by atoms with E-state index in [0.717, 1.165) is 24.0 Å². The highest BCUT2D eigenvalue weighted by molar-refractivity contribution is 6.05. The van der Waals surface area contributed by atoms with E-state index < -0.39 is 11.5 Å². The monoisotopic (exact) mass is 390 g/mol. The molecule has 3 aromatic rings. The number of anilines is 1. The maximum Gasteiger partial charge on any atom is 0.349 e. The molecule has 0 atom stereocenters. The number of allylic oxidation sites excluding steroid dienone is 1. The van der Waals surface area contributed by atoms with E-state index in [2.05, 4.69) is 11.9 Å². The summed E-state index contributed by atoms with van der Waals surface area (Å²) in [6.07, 6.45) is 4.11. The van der Waals surface area contributed by atoms with Gasteiger partial charge in [0.25, 0.3) is 5.91 Å². The molecule has 6 heteroatoms. The van der Waals surface area contributed by atoms with Gasteiger partial charge >= 0.3 is 5.63 Å². The van der Waals surface area contributed by atoms with Gasteiger partial charge in [0.15, 0.2) is 0 Å². The second-order valence-electron chi connectivity index (χ2n) is 7.29. The molecule has 0 saturated heterocycles. The van der Waals surface area contributed by atoms with Crippen LogP contribution in [0.15, 0.2) is 64.3 Å². The first kappa shape index (κ1) is 19.0. The van der Waals surface area contributed by atoms with Crippen molar-refractivity contribution in [3.05, 3.63) is 82.2 Å². The minimum atomic E-state index is -0.705. The second-order valence-corrected chi connectivity index (χ2v) is 7.29. The molecule has 0 spiro atoms. The molecule has 2 aromatic carbocycles. The Balaban J connectivity index is 1.64. The average Bonchev–Trinajstić information content (AvgIpc) is 3.47. The molecular weight excluding hydrogens is 368 g/mol. The number of fused-ring (bicyclic) bond motifs is 1. The van der Waals surface area contributed by atoms with Crippen LogP contribution in [-0.4, -0.2) is 13.0 Å². The Kier molecular flexibility index (Phi) is 4.72. The first-order chi connectivity index (χ1) is 13.9. The lowest BCUT2D eigenvalue weighted by Gasteiger charge is -2.11. The fourth-order valence-corrected chi connectivity index (χ4v) is 3.42. The predicted molar refractivity (Wildman–Crippen MR) is 112 cm³/mol. The van der Waals surface area contributed by atoms with Gasteiger partial charge in [0.05, 0.1) is 7.11 Å². The minimum Gasteiger partial charge on any atom is -0.496 e. The summed E-state index contributed by atoms with van der Waals surface area (Å²) in [6.45, 7) is 3.73. The van der Waals surface area contributed by atoms with Crippen LogP contribution in [-0.2, 0) is 12.0 Å². The lowest BCUT2D eigenvalue weighted by molar-refractivity contribution is 0.102. The molecular formula is C23H22N2O4. The summed E-state index contributed by atoms with van der Waals surface area (Å²) >= 11 is 0. The summed E-state index contributed by atoms with van der Waals surface area (Å²) in [4.78, 5) is 25.2. The third-order valence-corrected chi connectivity index (χ3v) is 5.28. The third-order valence-electron chi connectivity index (χ3n) is 5.28. The van der Waals surface area contributed by atoms with Gasteiger partial charge < -0.3 is 20.2 Å². The number of nitrogens with two attached hydrogens (primary N) is 1.